The lowest BCUT2D eigenvalue weighted by molar-refractivity contribution is -0.145. The summed E-state index contributed by atoms with van der Waals surface area (Å²) in [5.74, 6) is -0.995. The van der Waals surface area contributed by atoms with Crippen LogP contribution in [0.2, 0.25) is 0 Å². The Balaban J connectivity index is 3.01. The smallest absolute Gasteiger partial charge is 0.253 e. The Morgan fingerprint density at radius 3 is 2.21 bits per heavy atom. The maximum absolute atomic E-state index is 12.7. The van der Waals surface area contributed by atoms with Gasteiger partial charge >= 0.3 is 0 Å². The standard InChI is InChI=1S/C18H28N2O4/c1-17(2,3)14(15(22)19-4)20-16(23)18(24,10-11-21)12-13-8-6-5-7-9-13/h5-9,14,21,24H,10-12H2,1-4H3,(H,19,22)(H,20,23)/t14-,18-/m1/s1. The van der Waals surface area contributed by atoms with Gasteiger partial charge in [0.05, 0.1) is 0 Å². The fourth-order valence-corrected chi connectivity index (χ4v) is 2.49. The number of nitrogens with one attached hydrogen (secondary N) is 2. The molecule has 1 aromatic rings. The van der Waals surface area contributed by atoms with E-state index in [9.17, 15) is 19.8 Å². The summed E-state index contributed by atoms with van der Waals surface area (Å²) in [5.41, 5.74) is -1.54. The van der Waals surface area contributed by atoms with Crippen molar-refractivity contribution in [3.63, 3.8) is 0 Å². The predicted octanol–water partition coefficient (Wildman–Crippen LogP) is 0.620. The van der Waals surface area contributed by atoms with E-state index < -0.39 is 23.0 Å². The molecule has 2 amide bonds. The maximum atomic E-state index is 12.7. The van der Waals surface area contributed by atoms with Crippen LogP contribution in [0.3, 0.4) is 0 Å². The van der Waals surface area contributed by atoms with Crippen molar-refractivity contribution in [1.29, 1.82) is 0 Å². The van der Waals surface area contributed by atoms with E-state index in [1.54, 1.807) is 12.1 Å². The molecule has 0 saturated heterocycles. The minimum atomic E-state index is -1.78. The summed E-state index contributed by atoms with van der Waals surface area (Å²) in [4.78, 5) is 24.8. The SMILES string of the molecule is CNC(=O)[C@@H](NC(=O)[C@@](O)(CCO)Cc1ccccc1)C(C)(C)C. The summed E-state index contributed by atoms with van der Waals surface area (Å²) in [6, 6.07) is 8.28. The fourth-order valence-electron chi connectivity index (χ4n) is 2.49. The summed E-state index contributed by atoms with van der Waals surface area (Å²) in [6.45, 7) is 5.15. The van der Waals surface area contributed by atoms with E-state index in [0.29, 0.717) is 0 Å². The van der Waals surface area contributed by atoms with Gasteiger partial charge in [0.15, 0.2) is 0 Å². The molecule has 0 aliphatic heterocycles. The third-order valence-electron chi connectivity index (χ3n) is 3.94. The molecule has 0 unspecified atom stereocenters. The molecule has 0 heterocycles. The number of aliphatic hydroxyl groups is 2. The molecule has 1 rings (SSSR count). The molecule has 0 fully saturated rings. The molecule has 0 radical (unpaired) electrons. The molecule has 24 heavy (non-hydrogen) atoms. The normalized spacial score (nSPS) is 15.2. The van der Waals surface area contributed by atoms with Crippen molar-refractivity contribution in [1.82, 2.24) is 10.6 Å². The molecule has 134 valence electrons. The first-order valence-electron chi connectivity index (χ1n) is 8.04. The number of amides is 2. The van der Waals surface area contributed by atoms with Crippen LogP contribution in [0.4, 0.5) is 0 Å². The van der Waals surface area contributed by atoms with Gasteiger partial charge in [0, 0.05) is 26.5 Å². The van der Waals surface area contributed by atoms with Gasteiger partial charge in [-0.2, -0.15) is 0 Å². The highest BCUT2D eigenvalue weighted by Gasteiger charge is 2.40. The summed E-state index contributed by atoms with van der Waals surface area (Å²) < 4.78 is 0. The monoisotopic (exact) mass is 336 g/mol. The van der Waals surface area contributed by atoms with Gasteiger partial charge in [-0.15, -0.1) is 0 Å². The number of likely N-dealkylation sites (N-methyl/N-ethyl adjacent to an activating group) is 1. The molecule has 6 heteroatoms. The van der Waals surface area contributed by atoms with E-state index in [2.05, 4.69) is 10.6 Å². The first-order valence-corrected chi connectivity index (χ1v) is 8.04. The molecule has 2 atom stereocenters. The van der Waals surface area contributed by atoms with Crippen LogP contribution in [0.25, 0.3) is 0 Å². The van der Waals surface area contributed by atoms with Crippen molar-refractivity contribution in [2.75, 3.05) is 13.7 Å². The molecule has 0 aliphatic carbocycles. The molecule has 0 spiro atoms. The Labute approximate surface area is 143 Å². The Morgan fingerprint density at radius 1 is 1.17 bits per heavy atom. The second-order valence-electron chi connectivity index (χ2n) is 7.05. The molecule has 4 N–H and O–H groups in total. The van der Waals surface area contributed by atoms with Gasteiger partial charge in [-0.3, -0.25) is 9.59 Å². The van der Waals surface area contributed by atoms with E-state index in [1.807, 2.05) is 39.0 Å². The van der Waals surface area contributed by atoms with E-state index >= 15 is 0 Å². The quantitative estimate of drug-likeness (QED) is 0.587. The number of hydrogen-bond donors (Lipinski definition) is 4. The van der Waals surface area contributed by atoms with Crippen LogP contribution in [0.1, 0.15) is 32.8 Å². The van der Waals surface area contributed by atoms with E-state index in [0.717, 1.165) is 5.56 Å². The van der Waals surface area contributed by atoms with Gasteiger partial charge in [0.2, 0.25) is 5.91 Å². The number of aliphatic hydroxyl groups excluding tert-OH is 1. The highest BCUT2D eigenvalue weighted by molar-refractivity contribution is 5.91. The lowest BCUT2D eigenvalue weighted by Gasteiger charge is -2.34. The second kappa shape index (κ2) is 8.26. The highest BCUT2D eigenvalue weighted by Crippen LogP contribution is 2.23. The minimum Gasteiger partial charge on any atom is -0.396 e. The summed E-state index contributed by atoms with van der Waals surface area (Å²) in [5, 5.41) is 25.2. The number of carbonyl (C=O) groups is 2. The summed E-state index contributed by atoms with van der Waals surface area (Å²) >= 11 is 0. The number of hydrogen-bond acceptors (Lipinski definition) is 4. The van der Waals surface area contributed by atoms with Crippen LogP contribution in [-0.4, -0.2) is 47.3 Å². The molecule has 0 aliphatic rings. The van der Waals surface area contributed by atoms with Gasteiger partial charge < -0.3 is 20.8 Å². The lowest BCUT2D eigenvalue weighted by atomic mass is 9.84. The fraction of sp³-hybridized carbons (Fsp3) is 0.556. The highest BCUT2D eigenvalue weighted by atomic mass is 16.3. The van der Waals surface area contributed by atoms with Crippen LogP contribution in [0.5, 0.6) is 0 Å². The van der Waals surface area contributed by atoms with Crippen LogP contribution in [0, 0.1) is 5.41 Å². The Kier molecular flexibility index (Phi) is 6.93. The Bertz CT molecular complexity index is 554. The van der Waals surface area contributed by atoms with Gasteiger partial charge in [0.25, 0.3) is 5.91 Å². The third-order valence-corrected chi connectivity index (χ3v) is 3.94. The van der Waals surface area contributed by atoms with Crippen LogP contribution >= 0.6 is 0 Å². The second-order valence-corrected chi connectivity index (χ2v) is 7.05. The third kappa shape index (κ3) is 5.32. The van der Waals surface area contributed by atoms with Crippen molar-refractivity contribution >= 4 is 11.8 Å². The van der Waals surface area contributed by atoms with E-state index in [4.69, 9.17) is 0 Å². The van der Waals surface area contributed by atoms with Gasteiger partial charge in [0.1, 0.15) is 11.6 Å². The topological polar surface area (TPSA) is 98.7 Å². The van der Waals surface area contributed by atoms with Gasteiger partial charge in [-0.1, -0.05) is 51.1 Å². The maximum Gasteiger partial charge on any atom is 0.253 e. The Morgan fingerprint density at radius 2 is 1.75 bits per heavy atom. The first-order chi connectivity index (χ1) is 11.1. The largest absolute Gasteiger partial charge is 0.396 e. The zero-order chi connectivity index (χ0) is 18.4. The Hall–Kier alpha value is -1.92. The van der Waals surface area contributed by atoms with Crippen LogP contribution < -0.4 is 10.6 Å². The average molecular weight is 336 g/mol. The molecule has 0 aromatic heterocycles. The predicted molar refractivity (Wildman–Crippen MR) is 92.3 cm³/mol. The van der Waals surface area contributed by atoms with Crippen molar-refractivity contribution < 1.29 is 19.8 Å². The molecular weight excluding hydrogens is 308 g/mol. The van der Waals surface area contributed by atoms with E-state index in [-0.39, 0.29) is 25.4 Å². The zero-order valence-corrected chi connectivity index (χ0v) is 14.8. The van der Waals surface area contributed by atoms with Crippen molar-refractivity contribution in [2.24, 2.45) is 5.41 Å². The summed E-state index contributed by atoms with van der Waals surface area (Å²) in [7, 11) is 1.50. The number of carbonyl (C=O) groups excluding carboxylic acids is 2. The molecular formula is C18H28N2O4. The number of benzene rings is 1. The van der Waals surface area contributed by atoms with Crippen molar-refractivity contribution in [2.45, 2.75) is 45.3 Å². The molecule has 0 saturated carbocycles. The lowest BCUT2D eigenvalue weighted by Crippen LogP contribution is -2.59. The molecule has 6 nitrogen and oxygen atoms in total. The van der Waals surface area contributed by atoms with Crippen LogP contribution in [0.15, 0.2) is 30.3 Å². The summed E-state index contributed by atoms with van der Waals surface area (Å²) in [6.07, 6.45) is -0.0524. The van der Waals surface area contributed by atoms with Gasteiger partial charge in [-0.25, -0.2) is 0 Å². The first kappa shape index (κ1) is 20.1. The zero-order valence-electron chi connectivity index (χ0n) is 14.8. The molecule has 1 aromatic carbocycles. The van der Waals surface area contributed by atoms with Crippen LogP contribution in [-0.2, 0) is 16.0 Å². The van der Waals surface area contributed by atoms with Crippen molar-refractivity contribution in [3.05, 3.63) is 35.9 Å². The number of rotatable bonds is 7. The van der Waals surface area contributed by atoms with E-state index in [1.165, 1.54) is 7.05 Å². The average Bonchev–Trinajstić information content (AvgIpc) is 2.51. The minimum absolute atomic E-state index is 0.0604. The van der Waals surface area contributed by atoms with Crippen molar-refractivity contribution in [3.8, 4) is 0 Å². The van der Waals surface area contributed by atoms with Gasteiger partial charge in [-0.05, 0) is 11.0 Å². The molecule has 0 bridgehead atoms.